The van der Waals surface area contributed by atoms with Gasteiger partial charge in [0.2, 0.25) is 5.69 Å². The lowest BCUT2D eigenvalue weighted by Crippen LogP contribution is -2.58. The largest absolute Gasteiger partial charge is 0.455 e. The summed E-state index contributed by atoms with van der Waals surface area (Å²) >= 11 is 0. The second-order valence-electron chi connectivity index (χ2n) is 9.47. The monoisotopic (exact) mass is 408 g/mol. The van der Waals surface area contributed by atoms with Crippen LogP contribution in [0.1, 0.15) is 16.7 Å². The number of aromatic nitrogens is 1. The number of fused-ring (bicyclic) bond motifs is 6. The third-order valence-electron chi connectivity index (χ3n) is 7.34. The molecule has 0 bridgehead atoms. The number of nitrogens with zero attached hydrogens (tertiary/aromatic N) is 1. The van der Waals surface area contributed by atoms with E-state index in [-0.39, 0.29) is 0 Å². The van der Waals surface area contributed by atoms with E-state index in [1.54, 1.807) is 5.19 Å². The molecule has 5 aromatic rings. The minimum Gasteiger partial charge on any atom is -0.455 e. The highest BCUT2D eigenvalue weighted by molar-refractivity contribution is 7.03. The highest BCUT2D eigenvalue weighted by Gasteiger charge is 2.42. The van der Waals surface area contributed by atoms with Gasteiger partial charge in [-0.05, 0) is 54.4 Å². The van der Waals surface area contributed by atoms with Gasteiger partial charge in [0.15, 0.2) is 6.20 Å². The lowest BCUT2D eigenvalue weighted by atomic mass is 9.93. The van der Waals surface area contributed by atoms with Crippen molar-refractivity contribution in [1.29, 1.82) is 0 Å². The molecule has 30 heavy (non-hydrogen) atoms. The number of benzene rings is 3. The summed E-state index contributed by atoms with van der Waals surface area (Å²) in [4.78, 5) is 0. The van der Waals surface area contributed by atoms with Crippen LogP contribution in [0.2, 0.25) is 13.1 Å². The number of aryl methyl sites for hydroxylation is 3. The van der Waals surface area contributed by atoms with Gasteiger partial charge >= 0.3 is 0 Å². The molecule has 0 fully saturated rings. The van der Waals surface area contributed by atoms with Crippen LogP contribution in [0.25, 0.3) is 44.0 Å². The van der Waals surface area contributed by atoms with Gasteiger partial charge in [-0.1, -0.05) is 42.9 Å². The molecule has 1 aliphatic rings. The molecule has 0 spiro atoms. The van der Waals surface area contributed by atoms with E-state index in [0.717, 1.165) is 11.2 Å². The zero-order valence-corrected chi connectivity index (χ0v) is 19.5. The van der Waals surface area contributed by atoms with Gasteiger partial charge in [0.25, 0.3) is 0 Å². The Morgan fingerprint density at radius 3 is 2.43 bits per heavy atom. The summed E-state index contributed by atoms with van der Waals surface area (Å²) in [6, 6.07) is 15.5. The Balaban J connectivity index is 1.94. The van der Waals surface area contributed by atoms with Crippen molar-refractivity contribution in [3.8, 4) is 11.3 Å². The molecule has 2 aromatic heterocycles. The zero-order chi connectivity index (χ0) is 20.9. The summed E-state index contributed by atoms with van der Waals surface area (Å²) in [5.74, 6) is 0. The topological polar surface area (TPSA) is 17.0 Å². The van der Waals surface area contributed by atoms with E-state index in [1.807, 2.05) is 0 Å². The minimum atomic E-state index is -1.92. The third kappa shape index (κ3) is 2.01. The molecule has 0 atom stereocenters. The fourth-order valence-corrected chi connectivity index (χ4v) is 9.49. The Kier molecular flexibility index (Phi) is 3.35. The molecule has 3 heteroatoms. The maximum Gasteiger partial charge on any atom is 0.220 e. The Labute approximate surface area is 177 Å². The molecule has 6 rings (SSSR count). The molecule has 0 radical (unpaired) electrons. The number of para-hydroxylation sites is 1. The van der Waals surface area contributed by atoms with E-state index in [0.29, 0.717) is 0 Å². The maximum atomic E-state index is 6.42. The first-order valence-corrected chi connectivity index (χ1v) is 13.7. The summed E-state index contributed by atoms with van der Waals surface area (Å²) in [6.07, 6.45) is 2.20. The molecular formula is C27H26NOSi+. The van der Waals surface area contributed by atoms with E-state index in [2.05, 4.69) is 94.1 Å². The van der Waals surface area contributed by atoms with Gasteiger partial charge in [0.05, 0.1) is 5.39 Å². The molecule has 0 aliphatic carbocycles. The quantitative estimate of drug-likeness (QED) is 0.251. The number of hydrogen-bond donors (Lipinski definition) is 0. The van der Waals surface area contributed by atoms with Crippen LogP contribution in [-0.2, 0) is 7.05 Å². The first-order valence-electron chi connectivity index (χ1n) is 10.7. The Bertz CT molecular complexity index is 1560. The average molecular weight is 409 g/mol. The molecule has 1 aliphatic heterocycles. The van der Waals surface area contributed by atoms with E-state index >= 15 is 0 Å². The van der Waals surface area contributed by atoms with Gasteiger partial charge in [0, 0.05) is 27.8 Å². The van der Waals surface area contributed by atoms with Gasteiger partial charge in [-0.25, -0.2) is 4.57 Å². The number of hydrogen-bond acceptors (Lipinski definition) is 1. The predicted octanol–water partition coefficient (Wildman–Crippen LogP) is 5.29. The van der Waals surface area contributed by atoms with Crippen molar-refractivity contribution < 1.29 is 8.98 Å². The summed E-state index contributed by atoms with van der Waals surface area (Å²) in [6.45, 7) is 11.9. The van der Waals surface area contributed by atoms with Crippen LogP contribution in [0.5, 0.6) is 0 Å². The molecule has 0 unspecified atom stereocenters. The van der Waals surface area contributed by atoms with Crippen LogP contribution < -0.4 is 14.9 Å². The first-order chi connectivity index (χ1) is 14.3. The number of furan rings is 1. The number of pyridine rings is 1. The van der Waals surface area contributed by atoms with Crippen LogP contribution in [0.3, 0.4) is 0 Å². The van der Waals surface area contributed by atoms with Crippen LogP contribution in [0, 0.1) is 20.8 Å². The van der Waals surface area contributed by atoms with Crippen molar-refractivity contribution in [2.24, 2.45) is 7.05 Å². The Hall–Kier alpha value is -2.91. The van der Waals surface area contributed by atoms with E-state index < -0.39 is 8.07 Å². The van der Waals surface area contributed by atoms with Crippen LogP contribution in [0.4, 0.5) is 0 Å². The Morgan fingerprint density at radius 2 is 1.63 bits per heavy atom. The fourth-order valence-electron chi connectivity index (χ4n) is 5.85. The predicted molar refractivity (Wildman–Crippen MR) is 129 cm³/mol. The highest BCUT2D eigenvalue weighted by Crippen LogP contribution is 2.40. The fraction of sp³-hybridized carbons (Fsp3) is 0.222. The smallest absolute Gasteiger partial charge is 0.220 e. The molecular weight excluding hydrogens is 382 g/mol. The molecule has 0 saturated carbocycles. The van der Waals surface area contributed by atoms with Crippen molar-refractivity contribution >= 4 is 51.2 Å². The minimum absolute atomic E-state index is 0.972. The van der Waals surface area contributed by atoms with Crippen molar-refractivity contribution in [3.63, 3.8) is 0 Å². The Morgan fingerprint density at radius 1 is 0.867 bits per heavy atom. The highest BCUT2D eigenvalue weighted by atomic mass is 28.3. The van der Waals surface area contributed by atoms with Crippen LogP contribution in [0.15, 0.2) is 53.1 Å². The van der Waals surface area contributed by atoms with Gasteiger partial charge in [-0.3, -0.25) is 0 Å². The summed E-state index contributed by atoms with van der Waals surface area (Å²) in [5, 5.41) is 8.22. The molecule has 2 nitrogen and oxygen atoms in total. The molecule has 3 heterocycles. The lowest BCUT2D eigenvalue weighted by molar-refractivity contribution is -0.659. The summed E-state index contributed by atoms with van der Waals surface area (Å²) in [5.41, 5.74) is 9.02. The van der Waals surface area contributed by atoms with E-state index in [1.165, 1.54) is 54.7 Å². The second-order valence-corrected chi connectivity index (χ2v) is 13.8. The van der Waals surface area contributed by atoms with Gasteiger partial charge in [0.1, 0.15) is 26.3 Å². The van der Waals surface area contributed by atoms with Gasteiger partial charge < -0.3 is 4.42 Å². The molecule has 0 saturated heterocycles. The van der Waals surface area contributed by atoms with Gasteiger partial charge in [-0.2, -0.15) is 0 Å². The molecule has 3 aromatic carbocycles. The molecule has 0 N–H and O–H groups in total. The third-order valence-corrected chi connectivity index (χ3v) is 11.0. The summed E-state index contributed by atoms with van der Waals surface area (Å²) in [7, 11) is 0.266. The number of rotatable bonds is 0. The maximum absolute atomic E-state index is 6.42. The van der Waals surface area contributed by atoms with E-state index in [4.69, 9.17) is 4.42 Å². The average Bonchev–Trinajstić information content (AvgIpc) is 3.08. The van der Waals surface area contributed by atoms with E-state index in [9.17, 15) is 0 Å². The van der Waals surface area contributed by atoms with Crippen molar-refractivity contribution in [1.82, 2.24) is 0 Å². The molecule has 148 valence electrons. The standard InChI is InChI=1S/C27H26NOSi/c1-15-13-16(2)27-23(17(15)3)25-24-19(11-12-28(25)4)26-20(14-22(24)30(27,5)6)18-9-7-8-10-21(18)29-26/h7-14H,1-6H3/q+1. The normalized spacial score (nSPS) is 14.6. The van der Waals surface area contributed by atoms with Crippen LogP contribution in [-0.4, -0.2) is 8.07 Å². The van der Waals surface area contributed by atoms with Crippen molar-refractivity contribution in [3.05, 3.63) is 65.4 Å². The second kappa shape index (κ2) is 5.61. The van der Waals surface area contributed by atoms with Gasteiger partial charge in [-0.15, -0.1) is 0 Å². The SMILES string of the molecule is Cc1cc(C)c2c(c1C)-c1c3c(cc4c5ccccc5oc4c3cc[n+]1C)[Si]2(C)C. The van der Waals surface area contributed by atoms with Crippen LogP contribution >= 0.6 is 0 Å². The zero-order valence-electron chi connectivity index (χ0n) is 18.5. The lowest BCUT2D eigenvalue weighted by Gasteiger charge is -2.34. The van der Waals surface area contributed by atoms with Crippen molar-refractivity contribution in [2.75, 3.05) is 0 Å². The van der Waals surface area contributed by atoms with Crippen molar-refractivity contribution in [2.45, 2.75) is 33.9 Å². The molecule has 0 amide bonds. The summed E-state index contributed by atoms with van der Waals surface area (Å²) < 4.78 is 8.74. The first kappa shape index (κ1) is 17.9.